The Kier molecular flexibility index (Phi) is 5.43. The van der Waals surface area contributed by atoms with Crippen molar-refractivity contribution < 1.29 is 23.9 Å². The van der Waals surface area contributed by atoms with Crippen molar-refractivity contribution in [2.75, 3.05) is 13.1 Å². The minimum Gasteiger partial charge on any atom is -0.459 e. The molecule has 22 heavy (non-hydrogen) atoms. The number of nitrogens with zero attached hydrogens (tertiary/aromatic N) is 1. The Hall–Kier alpha value is -1.79. The molecule has 1 heterocycles. The zero-order valence-electron chi connectivity index (χ0n) is 14.2. The first-order valence-electron chi connectivity index (χ1n) is 7.35. The average Bonchev–Trinajstić information content (AvgIpc) is 2.52. The largest absolute Gasteiger partial charge is 0.459 e. The Morgan fingerprint density at radius 1 is 1.14 bits per heavy atom. The fraction of sp³-hybridized carbons (Fsp3) is 0.800. The van der Waals surface area contributed by atoms with E-state index in [0.717, 1.165) is 0 Å². The number of likely N-dealkylation sites (tertiary alicyclic amines) is 1. The van der Waals surface area contributed by atoms with E-state index < -0.39 is 23.3 Å². The van der Waals surface area contributed by atoms with Gasteiger partial charge in [0.25, 0.3) is 0 Å². The van der Waals surface area contributed by atoms with Crippen molar-refractivity contribution in [2.45, 2.75) is 65.2 Å². The van der Waals surface area contributed by atoms with E-state index in [1.807, 2.05) is 0 Å². The van der Waals surface area contributed by atoms with Crippen molar-refractivity contribution in [2.24, 2.45) is 0 Å². The number of hydrogen-bond acceptors (Lipinski definition) is 5. The summed E-state index contributed by atoms with van der Waals surface area (Å²) < 4.78 is 10.3. The average molecular weight is 314 g/mol. The van der Waals surface area contributed by atoms with Crippen LogP contribution < -0.4 is 5.32 Å². The number of nitrogens with one attached hydrogen (secondary N) is 1. The second-order valence-corrected chi connectivity index (χ2v) is 7.41. The van der Waals surface area contributed by atoms with Gasteiger partial charge in [-0.1, -0.05) is 0 Å². The third-order valence-corrected chi connectivity index (χ3v) is 2.68. The molecule has 0 aromatic rings. The van der Waals surface area contributed by atoms with E-state index in [4.69, 9.17) is 9.47 Å². The van der Waals surface area contributed by atoms with Crippen molar-refractivity contribution in [3.63, 3.8) is 0 Å². The van der Waals surface area contributed by atoms with Crippen LogP contribution in [0.4, 0.5) is 4.79 Å². The van der Waals surface area contributed by atoms with E-state index in [0.29, 0.717) is 0 Å². The summed E-state index contributed by atoms with van der Waals surface area (Å²) in [6, 6.07) is -0.357. The summed E-state index contributed by atoms with van der Waals surface area (Å²) >= 11 is 0. The van der Waals surface area contributed by atoms with Crippen molar-refractivity contribution in [3.8, 4) is 0 Å². The lowest BCUT2D eigenvalue weighted by Gasteiger charge is -2.23. The summed E-state index contributed by atoms with van der Waals surface area (Å²) in [5.74, 6) is -0.648. The number of carbonyl (C=O) groups excluding carboxylic acids is 3. The van der Waals surface area contributed by atoms with Crippen LogP contribution in [-0.2, 0) is 19.1 Å². The van der Waals surface area contributed by atoms with Crippen LogP contribution in [0, 0.1) is 0 Å². The molecule has 0 aromatic heterocycles. The zero-order chi connectivity index (χ0) is 17.1. The van der Waals surface area contributed by atoms with E-state index >= 15 is 0 Å². The number of alkyl carbamates (subject to hydrolysis) is 1. The van der Waals surface area contributed by atoms with Crippen LogP contribution in [-0.4, -0.2) is 53.2 Å². The van der Waals surface area contributed by atoms with E-state index in [1.165, 1.54) is 4.90 Å². The van der Waals surface area contributed by atoms with Gasteiger partial charge in [0.2, 0.25) is 5.91 Å². The van der Waals surface area contributed by atoms with Gasteiger partial charge in [0, 0.05) is 13.0 Å². The summed E-state index contributed by atoms with van der Waals surface area (Å²) in [4.78, 5) is 36.7. The van der Waals surface area contributed by atoms with Gasteiger partial charge < -0.3 is 19.7 Å². The fourth-order valence-corrected chi connectivity index (χ4v) is 2.03. The van der Waals surface area contributed by atoms with Crippen LogP contribution in [0.25, 0.3) is 0 Å². The van der Waals surface area contributed by atoms with Crippen molar-refractivity contribution in [1.29, 1.82) is 0 Å². The quantitative estimate of drug-likeness (QED) is 0.797. The molecule has 0 aromatic carbocycles. The maximum absolute atomic E-state index is 11.9. The summed E-state index contributed by atoms with van der Waals surface area (Å²) in [6.07, 6.45) is -0.411. The highest BCUT2D eigenvalue weighted by molar-refractivity contribution is 5.85. The molecule has 0 spiro atoms. The first-order valence-corrected chi connectivity index (χ1v) is 7.35. The molecule has 0 aliphatic carbocycles. The molecule has 1 aliphatic rings. The number of amides is 2. The molecular weight excluding hydrogens is 288 g/mol. The molecule has 1 N–H and O–H groups in total. The normalized spacial score (nSPS) is 19.1. The first-order chi connectivity index (χ1) is 9.85. The summed E-state index contributed by atoms with van der Waals surface area (Å²) in [5, 5.41) is 2.64. The van der Waals surface area contributed by atoms with E-state index in [-0.39, 0.29) is 31.5 Å². The lowest BCUT2D eigenvalue weighted by atomic mass is 10.2. The van der Waals surface area contributed by atoms with Gasteiger partial charge in [0.1, 0.15) is 17.7 Å². The Morgan fingerprint density at radius 2 is 1.68 bits per heavy atom. The number of carbonyl (C=O) groups is 3. The smallest absolute Gasteiger partial charge is 0.407 e. The maximum atomic E-state index is 11.9. The summed E-state index contributed by atoms with van der Waals surface area (Å²) in [6.45, 7) is 10.8. The molecule has 0 radical (unpaired) electrons. The number of ether oxygens (including phenoxy) is 2. The lowest BCUT2D eigenvalue weighted by Crippen LogP contribution is -2.41. The van der Waals surface area contributed by atoms with E-state index in [9.17, 15) is 14.4 Å². The van der Waals surface area contributed by atoms with Crippen molar-refractivity contribution in [3.05, 3.63) is 0 Å². The molecule has 1 fully saturated rings. The van der Waals surface area contributed by atoms with Gasteiger partial charge in [-0.25, -0.2) is 4.79 Å². The Labute approximate surface area is 131 Å². The number of esters is 1. The van der Waals surface area contributed by atoms with Crippen LogP contribution in [0.5, 0.6) is 0 Å². The molecule has 2 amide bonds. The molecule has 1 saturated heterocycles. The maximum Gasteiger partial charge on any atom is 0.407 e. The SMILES string of the molecule is CC(C)(C)OC(=O)CN1CC(NC(=O)OC(C)(C)C)CC1=O. The molecule has 1 unspecified atom stereocenters. The third kappa shape index (κ3) is 6.78. The van der Waals surface area contributed by atoms with Crippen LogP contribution in [0.2, 0.25) is 0 Å². The van der Waals surface area contributed by atoms with E-state index in [1.54, 1.807) is 41.5 Å². The molecule has 126 valence electrons. The zero-order valence-corrected chi connectivity index (χ0v) is 14.2. The van der Waals surface area contributed by atoms with Gasteiger partial charge in [-0.15, -0.1) is 0 Å². The molecule has 0 bridgehead atoms. The molecule has 1 rings (SSSR count). The first kappa shape index (κ1) is 18.3. The second-order valence-electron chi connectivity index (χ2n) is 7.41. The van der Waals surface area contributed by atoms with E-state index in [2.05, 4.69) is 5.32 Å². The minimum atomic E-state index is -0.594. The van der Waals surface area contributed by atoms with Gasteiger partial charge in [-0.3, -0.25) is 9.59 Å². The minimum absolute atomic E-state index is 0.109. The van der Waals surface area contributed by atoms with Crippen molar-refractivity contribution >= 4 is 18.0 Å². The monoisotopic (exact) mass is 314 g/mol. The Morgan fingerprint density at radius 3 is 2.18 bits per heavy atom. The van der Waals surface area contributed by atoms with Gasteiger partial charge in [-0.05, 0) is 41.5 Å². The standard InChI is InChI=1S/C15H26N2O5/c1-14(2,3)21-12(19)9-17-8-10(7-11(17)18)16-13(20)22-15(4,5)6/h10H,7-9H2,1-6H3,(H,16,20). The molecule has 0 saturated carbocycles. The van der Waals surface area contributed by atoms with Gasteiger partial charge in [-0.2, -0.15) is 0 Å². The van der Waals surface area contributed by atoms with Crippen LogP contribution >= 0.6 is 0 Å². The lowest BCUT2D eigenvalue weighted by molar-refractivity contribution is -0.158. The van der Waals surface area contributed by atoms with Crippen LogP contribution in [0.1, 0.15) is 48.0 Å². The Balaban J connectivity index is 2.47. The van der Waals surface area contributed by atoms with Crippen LogP contribution in [0.15, 0.2) is 0 Å². The van der Waals surface area contributed by atoms with Crippen molar-refractivity contribution in [1.82, 2.24) is 10.2 Å². The third-order valence-electron chi connectivity index (χ3n) is 2.68. The molecule has 7 heteroatoms. The summed E-state index contributed by atoms with van der Waals surface area (Å²) in [5.41, 5.74) is -1.18. The highest BCUT2D eigenvalue weighted by atomic mass is 16.6. The topological polar surface area (TPSA) is 84.9 Å². The van der Waals surface area contributed by atoms with Gasteiger partial charge >= 0.3 is 12.1 Å². The summed E-state index contributed by atoms with van der Waals surface area (Å²) in [7, 11) is 0. The second kappa shape index (κ2) is 6.54. The fourth-order valence-electron chi connectivity index (χ4n) is 2.03. The molecular formula is C15H26N2O5. The predicted octanol–water partition coefficient (Wildman–Crippen LogP) is 1.45. The highest BCUT2D eigenvalue weighted by Crippen LogP contribution is 2.14. The molecule has 1 aliphatic heterocycles. The molecule has 1 atom stereocenters. The van der Waals surface area contributed by atoms with Gasteiger partial charge in [0.15, 0.2) is 0 Å². The number of rotatable bonds is 3. The number of hydrogen-bond donors (Lipinski definition) is 1. The highest BCUT2D eigenvalue weighted by Gasteiger charge is 2.33. The van der Waals surface area contributed by atoms with Gasteiger partial charge in [0.05, 0.1) is 6.04 Å². The van der Waals surface area contributed by atoms with Crippen LogP contribution in [0.3, 0.4) is 0 Å². The predicted molar refractivity (Wildman–Crippen MR) is 80.2 cm³/mol. The Bertz CT molecular complexity index is 448. The molecule has 7 nitrogen and oxygen atoms in total.